The highest BCUT2D eigenvalue weighted by molar-refractivity contribution is 5.96. The van der Waals surface area contributed by atoms with Crippen LogP contribution >= 0.6 is 0 Å². The first-order valence-electron chi connectivity index (χ1n) is 9.37. The molecule has 7 heteroatoms. The van der Waals surface area contributed by atoms with Gasteiger partial charge in [0, 0.05) is 24.7 Å². The summed E-state index contributed by atoms with van der Waals surface area (Å²) in [6.45, 7) is 2.93. The molecule has 1 aliphatic rings. The third-order valence-electron chi connectivity index (χ3n) is 4.28. The number of esters is 1. The van der Waals surface area contributed by atoms with E-state index in [9.17, 15) is 14.0 Å². The summed E-state index contributed by atoms with van der Waals surface area (Å²) < 4.78 is 29.3. The maximum atomic E-state index is 13.1. The van der Waals surface area contributed by atoms with Gasteiger partial charge in [-0.1, -0.05) is 6.07 Å². The number of nitrogens with zero attached hydrogens (tertiary/aromatic N) is 1. The van der Waals surface area contributed by atoms with Gasteiger partial charge in [0.25, 0.3) is 5.91 Å². The molecule has 0 aromatic heterocycles. The van der Waals surface area contributed by atoms with Gasteiger partial charge in [0.05, 0.1) is 13.2 Å². The van der Waals surface area contributed by atoms with E-state index >= 15 is 0 Å². The van der Waals surface area contributed by atoms with E-state index in [1.807, 2.05) is 0 Å². The molecule has 0 atom stereocenters. The Balaban J connectivity index is 1.55. The van der Waals surface area contributed by atoms with Gasteiger partial charge >= 0.3 is 5.97 Å². The van der Waals surface area contributed by atoms with Crippen molar-refractivity contribution in [1.29, 1.82) is 0 Å². The molecule has 0 spiro atoms. The van der Waals surface area contributed by atoms with Crippen molar-refractivity contribution in [2.45, 2.75) is 13.3 Å². The van der Waals surface area contributed by atoms with E-state index in [0.29, 0.717) is 36.9 Å². The van der Waals surface area contributed by atoms with Crippen molar-refractivity contribution in [2.24, 2.45) is 0 Å². The third kappa shape index (κ3) is 5.57. The molecule has 2 aromatic rings. The smallest absolute Gasteiger partial charge is 0.331 e. The van der Waals surface area contributed by atoms with Gasteiger partial charge in [-0.05, 0) is 55.0 Å². The Morgan fingerprint density at radius 3 is 2.55 bits per heavy atom. The summed E-state index contributed by atoms with van der Waals surface area (Å²) in [6.07, 6.45) is 3.65. The predicted octanol–water partition coefficient (Wildman–Crippen LogP) is 3.60. The summed E-state index contributed by atoms with van der Waals surface area (Å²) >= 11 is 0. The minimum atomic E-state index is -0.638. The first-order valence-corrected chi connectivity index (χ1v) is 9.37. The SMILES string of the molecule is CCN(C(=O)COC(=O)/C=C/c1ccc2c(c1)OCCCO2)c1ccc(F)cc1. The molecule has 0 radical (unpaired) electrons. The summed E-state index contributed by atoms with van der Waals surface area (Å²) in [5, 5.41) is 0. The molecular formula is C22H22FNO5. The van der Waals surface area contributed by atoms with Crippen LogP contribution in [-0.4, -0.2) is 38.2 Å². The molecule has 0 saturated heterocycles. The highest BCUT2D eigenvalue weighted by Crippen LogP contribution is 2.30. The van der Waals surface area contributed by atoms with Gasteiger partial charge in [0.1, 0.15) is 5.82 Å². The van der Waals surface area contributed by atoms with E-state index in [-0.39, 0.29) is 5.82 Å². The number of hydrogen-bond donors (Lipinski definition) is 0. The van der Waals surface area contributed by atoms with Crippen molar-refractivity contribution in [3.63, 3.8) is 0 Å². The number of anilines is 1. The topological polar surface area (TPSA) is 65.1 Å². The maximum Gasteiger partial charge on any atom is 0.331 e. The molecular weight excluding hydrogens is 377 g/mol. The molecule has 0 fully saturated rings. The van der Waals surface area contributed by atoms with Crippen LogP contribution in [0.4, 0.5) is 10.1 Å². The fraction of sp³-hybridized carbons (Fsp3) is 0.273. The van der Waals surface area contributed by atoms with Crippen molar-refractivity contribution >= 4 is 23.6 Å². The van der Waals surface area contributed by atoms with E-state index in [4.69, 9.17) is 14.2 Å². The van der Waals surface area contributed by atoms with Crippen LogP contribution in [0.5, 0.6) is 11.5 Å². The summed E-state index contributed by atoms with van der Waals surface area (Å²) in [5.41, 5.74) is 1.29. The van der Waals surface area contributed by atoms with Crippen molar-refractivity contribution in [1.82, 2.24) is 0 Å². The quantitative estimate of drug-likeness (QED) is 0.549. The Morgan fingerprint density at radius 2 is 1.83 bits per heavy atom. The van der Waals surface area contributed by atoms with Crippen LogP contribution in [0.25, 0.3) is 6.08 Å². The Morgan fingerprint density at radius 1 is 1.10 bits per heavy atom. The second kappa shape index (κ2) is 9.73. The monoisotopic (exact) mass is 399 g/mol. The molecule has 0 N–H and O–H groups in total. The number of likely N-dealkylation sites (N-methyl/N-ethyl adjacent to an activating group) is 1. The van der Waals surface area contributed by atoms with Crippen LogP contribution in [0, 0.1) is 5.82 Å². The van der Waals surface area contributed by atoms with Gasteiger partial charge in [-0.3, -0.25) is 4.79 Å². The lowest BCUT2D eigenvalue weighted by molar-refractivity contribution is -0.142. The number of hydrogen-bond acceptors (Lipinski definition) is 5. The minimum absolute atomic E-state index is 0.370. The van der Waals surface area contributed by atoms with Crippen molar-refractivity contribution in [3.05, 3.63) is 59.9 Å². The molecule has 1 aliphatic heterocycles. The summed E-state index contributed by atoms with van der Waals surface area (Å²) in [7, 11) is 0. The lowest BCUT2D eigenvalue weighted by Crippen LogP contribution is -2.34. The third-order valence-corrected chi connectivity index (χ3v) is 4.28. The zero-order valence-electron chi connectivity index (χ0n) is 16.1. The van der Waals surface area contributed by atoms with Crippen molar-refractivity contribution in [3.8, 4) is 11.5 Å². The molecule has 0 unspecified atom stereocenters. The van der Waals surface area contributed by atoms with Crippen LogP contribution < -0.4 is 14.4 Å². The lowest BCUT2D eigenvalue weighted by Gasteiger charge is -2.20. The Kier molecular flexibility index (Phi) is 6.84. The standard InChI is InChI=1S/C22H22FNO5/c1-2-24(18-8-6-17(23)7-9-18)21(25)15-29-22(26)11-5-16-4-10-19-20(14-16)28-13-3-12-27-19/h4-11,14H,2-3,12-13,15H2,1H3/b11-5+. The summed E-state index contributed by atoms with van der Waals surface area (Å²) in [6, 6.07) is 10.9. The number of rotatable bonds is 6. The minimum Gasteiger partial charge on any atom is -0.490 e. The second-order valence-electron chi connectivity index (χ2n) is 6.31. The molecule has 0 bridgehead atoms. The number of fused-ring (bicyclic) bond motifs is 1. The van der Waals surface area contributed by atoms with Crippen LogP contribution in [0.3, 0.4) is 0 Å². The van der Waals surface area contributed by atoms with Gasteiger partial charge in [0.15, 0.2) is 18.1 Å². The van der Waals surface area contributed by atoms with E-state index in [0.717, 1.165) is 12.0 Å². The fourth-order valence-corrected chi connectivity index (χ4v) is 2.83. The van der Waals surface area contributed by atoms with E-state index in [1.54, 1.807) is 31.2 Å². The van der Waals surface area contributed by atoms with Crippen LogP contribution in [0.1, 0.15) is 18.9 Å². The molecule has 2 aromatic carbocycles. The average molecular weight is 399 g/mol. The van der Waals surface area contributed by atoms with Gasteiger partial charge in [-0.15, -0.1) is 0 Å². The Labute approximate surface area is 168 Å². The zero-order chi connectivity index (χ0) is 20.6. The molecule has 1 amide bonds. The van der Waals surface area contributed by atoms with Gasteiger partial charge in [-0.25, -0.2) is 9.18 Å². The normalized spacial score (nSPS) is 13.0. The van der Waals surface area contributed by atoms with Crippen molar-refractivity contribution in [2.75, 3.05) is 31.3 Å². The lowest BCUT2D eigenvalue weighted by atomic mass is 10.2. The molecule has 152 valence electrons. The molecule has 29 heavy (non-hydrogen) atoms. The molecule has 0 aliphatic carbocycles. The second-order valence-corrected chi connectivity index (χ2v) is 6.31. The first kappa shape index (κ1) is 20.4. The summed E-state index contributed by atoms with van der Waals surface area (Å²) in [5.74, 6) is -0.111. The number of carbonyl (C=O) groups is 2. The Bertz CT molecular complexity index is 895. The zero-order valence-corrected chi connectivity index (χ0v) is 16.1. The van der Waals surface area contributed by atoms with E-state index < -0.39 is 18.5 Å². The molecule has 3 rings (SSSR count). The van der Waals surface area contributed by atoms with Crippen LogP contribution in [0.15, 0.2) is 48.5 Å². The van der Waals surface area contributed by atoms with Gasteiger partial charge in [-0.2, -0.15) is 0 Å². The fourth-order valence-electron chi connectivity index (χ4n) is 2.83. The maximum absolute atomic E-state index is 13.1. The number of benzene rings is 2. The van der Waals surface area contributed by atoms with Crippen LogP contribution in [-0.2, 0) is 14.3 Å². The molecule has 1 heterocycles. The number of halogens is 1. The highest BCUT2D eigenvalue weighted by Gasteiger charge is 2.15. The number of amides is 1. The Hall–Kier alpha value is -3.35. The highest BCUT2D eigenvalue weighted by atomic mass is 19.1. The van der Waals surface area contributed by atoms with Crippen molar-refractivity contribution < 1.29 is 28.2 Å². The van der Waals surface area contributed by atoms with E-state index in [2.05, 4.69) is 0 Å². The largest absolute Gasteiger partial charge is 0.490 e. The average Bonchev–Trinajstić information content (AvgIpc) is 2.97. The number of carbonyl (C=O) groups excluding carboxylic acids is 2. The molecule has 6 nitrogen and oxygen atoms in total. The van der Waals surface area contributed by atoms with Gasteiger partial charge in [0.2, 0.25) is 0 Å². The van der Waals surface area contributed by atoms with Crippen LogP contribution in [0.2, 0.25) is 0 Å². The van der Waals surface area contributed by atoms with Gasteiger partial charge < -0.3 is 19.1 Å². The number of ether oxygens (including phenoxy) is 3. The first-order chi connectivity index (χ1) is 14.1. The summed E-state index contributed by atoms with van der Waals surface area (Å²) in [4.78, 5) is 25.7. The van der Waals surface area contributed by atoms with E-state index in [1.165, 1.54) is 35.2 Å². The molecule has 0 saturated carbocycles. The predicted molar refractivity (Wildman–Crippen MR) is 106 cm³/mol.